The first kappa shape index (κ1) is 14.2. The van der Waals surface area contributed by atoms with Crippen molar-refractivity contribution >= 4 is 15.8 Å². The normalized spacial score (nSPS) is 12.8. The number of carboxylic acid groups (broad SMARTS) is 1. The number of carboxylic acids is 1. The maximum absolute atomic E-state index is 13.7. The Balaban J connectivity index is 2.61. The summed E-state index contributed by atoms with van der Waals surface area (Å²) in [5.74, 6) is -2.51. The third-order valence-corrected chi connectivity index (χ3v) is 4.82. The van der Waals surface area contributed by atoms with Crippen LogP contribution in [0.1, 0.15) is 10.8 Å². The number of hydrogen-bond acceptors (Lipinski definition) is 3. The summed E-state index contributed by atoms with van der Waals surface area (Å²) in [5.41, 5.74) is 0.0863. The summed E-state index contributed by atoms with van der Waals surface area (Å²) in [4.78, 5) is 10.7. The third kappa shape index (κ3) is 2.55. The predicted octanol–water partition coefficient (Wildman–Crippen LogP) is 2.43. The number of rotatable bonds is 4. The van der Waals surface area contributed by atoms with Crippen LogP contribution in [0.15, 0.2) is 59.5 Å². The fraction of sp³-hybridized carbons (Fsp3) is 0.0714. The second-order valence-electron chi connectivity index (χ2n) is 4.10. The van der Waals surface area contributed by atoms with E-state index in [1.165, 1.54) is 36.4 Å². The molecule has 2 rings (SSSR count). The molecule has 0 amide bonds. The standard InChI is InChI=1S/C14H11FO4S/c15-11-8-4-5-9-12(11)20(18,19)13(14(16)17)10-6-2-1-3-7-10/h1-9,13H,(H,16,17). The highest BCUT2D eigenvalue weighted by Crippen LogP contribution is 2.30. The molecule has 4 nitrogen and oxygen atoms in total. The Hall–Kier alpha value is -2.21. The predicted molar refractivity (Wildman–Crippen MR) is 70.4 cm³/mol. The van der Waals surface area contributed by atoms with Crippen LogP contribution in [-0.4, -0.2) is 19.5 Å². The summed E-state index contributed by atoms with van der Waals surface area (Å²) in [7, 11) is -4.36. The van der Waals surface area contributed by atoms with Crippen molar-refractivity contribution in [2.75, 3.05) is 0 Å². The van der Waals surface area contributed by atoms with Gasteiger partial charge in [0.25, 0.3) is 0 Å². The van der Waals surface area contributed by atoms with Crippen molar-refractivity contribution in [1.82, 2.24) is 0 Å². The van der Waals surface area contributed by atoms with Crippen molar-refractivity contribution in [1.29, 1.82) is 0 Å². The van der Waals surface area contributed by atoms with Crippen molar-refractivity contribution in [2.45, 2.75) is 10.1 Å². The molecule has 0 fully saturated rings. The third-order valence-electron chi connectivity index (χ3n) is 2.78. The molecule has 1 atom stereocenters. The zero-order valence-electron chi connectivity index (χ0n) is 10.2. The van der Waals surface area contributed by atoms with Crippen LogP contribution < -0.4 is 0 Å². The van der Waals surface area contributed by atoms with E-state index >= 15 is 0 Å². The number of carbonyl (C=O) groups is 1. The fourth-order valence-corrected chi connectivity index (χ4v) is 3.53. The SMILES string of the molecule is O=C(O)C(c1ccccc1)S(=O)(=O)c1ccccc1F. The van der Waals surface area contributed by atoms with Crippen LogP contribution in [-0.2, 0) is 14.6 Å². The van der Waals surface area contributed by atoms with Gasteiger partial charge < -0.3 is 5.11 Å². The van der Waals surface area contributed by atoms with Crippen molar-refractivity contribution in [3.05, 3.63) is 66.0 Å². The van der Waals surface area contributed by atoms with Crippen LogP contribution in [0.25, 0.3) is 0 Å². The van der Waals surface area contributed by atoms with Gasteiger partial charge in [0.05, 0.1) is 0 Å². The largest absolute Gasteiger partial charge is 0.480 e. The number of aliphatic carboxylic acids is 1. The van der Waals surface area contributed by atoms with Gasteiger partial charge in [0.15, 0.2) is 15.1 Å². The molecule has 0 saturated carbocycles. The van der Waals surface area contributed by atoms with Crippen molar-refractivity contribution in [3.8, 4) is 0 Å². The van der Waals surface area contributed by atoms with Crippen LogP contribution in [0, 0.1) is 5.82 Å². The molecule has 0 aromatic heterocycles. The van der Waals surface area contributed by atoms with Crippen LogP contribution in [0.2, 0.25) is 0 Å². The minimum atomic E-state index is -4.36. The average molecular weight is 294 g/mol. The van der Waals surface area contributed by atoms with Crippen LogP contribution in [0.5, 0.6) is 0 Å². The molecule has 2 aromatic carbocycles. The topological polar surface area (TPSA) is 71.4 Å². The number of sulfone groups is 1. The Bertz CT molecular complexity index is 726. The van der Waals surface area contributed by atoms with Gasteiger partial charge >= 0.3 is 5.97 Å². The minimum absolute atomic E-state index is 0.0863. The van der Waals surface area contributed by atoms with Crippen LogP contribution >= 0.6 is 0 Å². The average Bonchev–Trinajstić information content (AvgIpc) is 2.39. The monoisotopic (exact) mass is 294 g/mol. The van der Waals surface area contributed by atoms with E-state index in [0.29, 0.717) is 0 Å². The van der Waals surface area contributed by atoms with E-state index in [2.05, 4.69) is 0 Å². The Morgan fingerprint density at radius 2 is 1.55 bits per heavy atom. The van der Waals surface area contributed by atoms with Gasteiger partial charge in [0.1, 0.15) is 10.7 Å². The van der Waals surface area contributed by atoms with Crippen molar-refractivity contribution < 1.29 is 22.7 Å². The zero-order valence-corrected chi connectivity index (χ0v) is 11.0. The summed E-state index contributed by atoms with van der Waals surface area (Å²) < 4.78 is 38.4. The van der Waals surface area contributed by atoms with E-state index < -0.39 is 31.8 Å². The van der Waals surface area contributed by atoms with E-state index in [1.807, 2.05) is 0 Å². The van der Waals surface area contributed by atoms with E-state index in [0.717, 1.165) is 12.1 Å². The highest BCUT2D eigenvalue weighted by atomic mass is 32.2. The number of benzene rings is 2. The molecule has 0 spiro atoms. The van der Waals surface area contributed by atoms with Crippen molar-refractivity contribution in [2.24, 2.45) is 0 Å². The maximum atomic E-state index is 13.7. The van der Waals surface area contributed by atoms with Crippen LogP contribution in [0.3, 0.4) is 0 Å². The van der Waals surface area contributed by atoms with Gasteiger partial charge in [-0.1, -0.05) is 42.5 Å². The van der Waals surface area contributed by atoms with E-state index in [-0.39, 0.29) is 5.56 Å². The molecule has 0 aliphatic heterocycles. The molecule has 104 valence electrons. The number of halogens is 1. The second kappa shape index (κ2) is 5.42. The quantitative estimate of drug-likeness (QED) is 0.940. The van der Waals surface area contributed by atoms with Crippen LogP contribution in [0.4, 0.5) is 4.39 Å². The van der Waals surface area contributed by atoms with Gasteiger partial charge in [0, 0.05) is 0 Å². The molecule has 20 heavy (non-hydrogen) atoms. The molecular formula is C14H11FO4S. The zero-order chi connectivity index (χ0) is 14.8. The van der Waals surface area contributed by atoms with Gasteiger partial charge in [-0.2, -0.15) is 0 Å². The Kier molecular flexibility index (Phi) is 3.85. The van der Waals surface area contributed by atoms with Gasteiger partial charge in [-0.25, -0.2) is 12.8 Å². The van der Waals surface area contributed by atoms with Gasteiger partial charge in [-0.15, -0.1) is 0 Å². The van der Waals surface area contributed by atoms with Gasteiger partial charge in [-0.05, 0) is 17.7 Å². The lowest BCUT2D eigenvalue weighted by Crippen LogP contribution is -2.23. The number of hydrogen-bond donors (Lipinski definition) is 1. The molecule has 0 heterocycles. The first-order chi connectivity index (χ1) is 9.44. The lowest BCUT2D eigenvalue weighted by molar-refractivity contribution is -0.136. The summed E-state index contributed by atoms with van der Waals surface area (Å²) in [6.45, 7) is 0. The van der Waals surface area contributed by atoms with Gasteiger partial charge in [0.2, 0.25) is 0 Å². The molecule has 2 aromatic rings. The molecule has 0 saturated heterocycles. The summed E-state index contributed by atoms with van der Waals surface area (Å²) in [6.07, 6.45) is 0. The Labute approximate surface area is 115 Å². The lowest BCUT2D eigenvalue weighted by atomic mass is 10.1. The first-order valence-corrected chi connectivity index (χ1v) is 7.25. The molecule has 0 radical (unpaired) electrons. The Morgan fingerprint density at radius 1 is 1.00 bits per heavy atom. The van der Waals surface area contributed by atoms with Gasteiger partial charge in [-0.3, -0.25) is 4.79 Å². The highest BCUT2D eigenvalue weighted by Gasteiger charge is 2.37. The smallest absolute Gasteiger partial charge is 0.326 e. The fourth-order valence-electron chi connectivity index (χ4n) is 1.88. The van der Waals surface area contributed by atoms with E-state index in [1.54, 1.807) is 6.07 Å². The van der Waals surface area contributed by atoms with Crippen molar-refractivity contribution in [3.63, 3.8) is 0 Å². The lowest BCUT2D eigenvalue weighted by Gasteiger charge is -2.14. The minimum Gasteiger partial charge on any atom is -0.480 e. The molecular weight excluding hydrogens is 283 g/mol. The molecule has 0 bridgehead atoms. The maximum Gasteiger partial charge on any atom is 0.326 e. The molecule has 0 aliphatic carbocycles. The summed E-state index contributed by atoms with van der Waals surface area (Å²) in [6, 6.07) is 12.2. The highest BCUT2D eigenvalue weighted by molar-refractivity contribution is 7.92. The molecule has 1 unspecified atom stereocenters. The van der Waals surface area contributed by atoms with E-state index in [9.17, 15) is 22.7 Å². The van der Waals surface area contributed by atoms with E-state index in [4.69, 9.17) is 0 Å². The molecule has 0 aliphatic rings. The molecule has 6 heteroatoms. The Morgan fingerprint density at radius 3 is 2.10 bits per heavy atom. The first-order valence-electron chi connectivity index (χ1n) is 5.71. The molecule has 1 N–H and O–H groups in total. The summed E-state index contributed by atoms with van der Waals surface area (Å²) in [5, 5.41) is 7.38. The second-order valence-corrected chi connectivity index (χ2v) is 6.11. The summed E-state index contributed by atoms with van der Waals surface area (Å²) >= 11 is 0.